The van der Waals surface area contributed by atoms with E-state index in [0.717, 1.165) is 5.56 Å². The van der Waals surface area contributed by atoms with Gasteiger partial charge in [-0.25, -0.2) is 4.79 Å². The summed E-state index contributed by atoms with van der Waals surface area (Å²) in [6.45, 7) is 2.00. The number of hydrogen-bond acceptors (Lipinski definition) is 4. The lowest BCUT2D eigenvalue weighted by molar-refractivity contribution is 0.0902. The molecule has 2 atom stereocenters. The molecule has 0 unspecified atom stereocenters. The van der Waals surface area contributed by atoms with Crippen molar-refractivity contribution in [3.63, 3.8) is 0 Å². The Labute approximate surface area is 118 Å². The number of hydrogen-bond donors (Lipinski definition) is 3. The standard InChI is InChI=1S/C14H20N2O4/c17-13-8-16(14(18)19)7-12(13)6-15-10-20-9-11-4-2-1-3-5-11/h1-5,12-13,15,17H,6-10H2,(H,18,19)/t12-,13+/m0/s1. The first kappa shape index (κ1) is 14.8. The van der Waals surface area contributed by atoms with Crippen LogP contribution in [0.3, 0.4) is 0 Å². The number of carboxylic acid groups (broad SMARTS) is 1. The summed E-state index contributed by atoms with van der Waals surface area (Å²) in [5, 5.41) is 21.7. The van der Waals surface area contributed by atoms with E-state index >= 15 is 0 Å². The largest absolute Gasteiger partial charge is 0.465 e. The minimum atomic E-state index is -0.980. The average Bonchev–Trinajstić information content (AvgIpc) is 2.81. The predicted molar refractivity (Wildman–Crippen MR) is 73.2 cm³/mol. The van der Waals surface area contributed by atoms with Crippen molar-refractivity contribution in [3.8, 4) is 0 Å². The van der Waals surface area contributed by atoms with Crippen molar-refractivity contribution in [2.24, 2.45) is 5.92 Å². The van der Waals surface area contributed by atoms with Gasteiger partial charge in [-0.05, 0) is 5.56 Å². The van der Waals surface area contributed by atoms with Crippen LogP contribution >= 0.6 is 0 Å². The van der Waals surface area contributed by atoms with E-state index < -0.39 is 12.2 Å². The number of aliphatic hydroxyl groups excluding tert-OH is 1. The maximum Gasteiger partial charge on any atom is 0.407 e. The molecule has 6 heteroatoms. The molecule has 1 fully saturated rings. The highest BCUT2D eigenvalue weighted by atomic mass is 16.5. The van der Waals surface area contributed by atoms with Gasteiger partial charge >= 0.3 is 6.09 Å². The van der Waals surface area contributed by atoms with Gasteiger partial charge in [0.1, 0.15) is 0 Å². The van der Waals surface area contributed by atoms with Gasteiger partial charge in [-0.1, -0.05) is 30.3 Å². The molecule has 1 aliphatic rings. The van der Waals surface area contributed by atoms with Crippen LogP contribution in [0.2, 0.25) is 0 Å². The van der Waals surface area contributed by atoms with Gasteiger partial charge in [0.15, 0.2) is 0 Å². The van der Waals surface area contributed by atoms with Gasteiger partial charge in [0.25, 0.3) is 0 Å². The van der Waals surface area contributed by atoms with Crippen molar-refractivity contribution in [2.75, 3.05) is 26.4 Å². The van der Waals surface area contributed by atoms with E-state index in [4.69, 9.17) is 9.84 Å². The molecule has 110 valence electrons. The minimum absolute atomic E-state index is 0.0774. The van der Waals surface area contributed by atoms with E-state index in [1.54, 1.807) is 0 Å². The second-order valence-electron chi connectivity index (χ2n) is 4.95. The Bertz CT molecular complexity index is 426. The molecule has 1 amide bonds. The van der Waals surface area contributed by atoms with E-state index in [-0.39, 0.29) is 12.5 Å². The summed E-state index contributed by atoms with van der Waals surface area (Å²) in [7, 11) is 0. The lowest BCUT2D eigenvalue weighted by atomic mass is 10.1. The highest BCUT2D eigenvalue weighted by molar-refractivity contribution is 5.65. The lowest BCUT2D eigenvalue weighted by Crippen LogP contribution is -2.32. The molecule has 20 heavy (non-hydrogen) atoms. The molecule has 2 rings (SSSR count). The van der Waals surface area contributed by atoms with E-state index in [2.05, 4.69) is 5.32 Å². The molecule has 0 saturated carbocycles. The molecule has 3 N–H and O–H groups in total. The zero-order chi connectivity index (χ0) is 14.4. The highest BCUT2D eigenvalue weighted by Gasteiger charge is 2.33. The Morgan fingerprint density at radius 3 is 2.75 bits per heavy atom. The summed E-state index contributed by atoms with van der Waals surface area (Å²) >= 11 is 0. The van der Waals surface area contributed by atoms with Crippen LogP contribution in [0, 0.1) is 5.92 Å². The van der Waals surface area contributed by atoms with Gasteiger partial charge in [0.05, 0.1) is 26.0 Å². The first-order valence-corrected chi connectivity index (χ1v) is 6.65. The number of β-amino-alcohol motifs (C(OH)–C–C–N with tert-alkyl or cyclic N) is 1. The number of rotatable bonds is 6. The first-order chi connectivity index (χ1) is 9.66. The number of nitrogens with zero attached hydrogens (tertiary/aromatic N) is 1. The Kier molecular flexibility index (Phi) is 5.34. The van der Waals surface area contributed by atoms with E-state index in [1.807, 2.05) is 30.3 Å². The van der Waals surface area contributed by atoms with E-state index in [9.17, 15) is 9.90 Å². The maximum absolute atomic E-state index is 10.8. The summed E-state index contributed by atoms with van der Waals surface area (Å²) in [6.07, 6.45) is -1.58. The topological polar surface area (TPSA) is 82.0 Å². The van der Waals surface area contributed by atoms with Crippen LogP contribution in [0.25, 0.3) is 0 Å². The Morgan fingerprint density at radius 1 is 1.35 bits per heavy atom. The lowest BCUT2D eigenvalue weighted by Gasteiger charge is -2.14. The zero-order valence-corrected chi connectivity index (χ0v) is 11.2. The molecule has 0 spiro atoms. The number of carbonyl (C=O) groups is 1. The van der Waals surface area contributed by atoms with Gasteiger partial charge in [-0.15, -0.1) is 0 Å². The number of nitrogens with one attached hydrogen (secondary N) is 1. The Morgan fingerprint density at radius 2 is 2.10 bits per heavy atom. The van der Waals surface area contributed by atoms with Gasteiger partial charge in [0.2, 0.25) is 0 Å². The molecular weight excluding hydrogens is 260 g/mol. The predicted octanol–water partition coefficient (Wildman–Crippen LogP) is 0.721. The van der Waals surface area contributed by atoms with Crippen molar-refractivity contribution in [3.05, 3.63) is 35.9 Å². The summed E-state index contributed by atoms with van der Waals surface area (Å²) in [5.74, 6) is -0.0774. The normalized spacial score (nSPS) is 22.1. The van der Waals surface area contributed by atoms with Crippen LogP contribution < -0.4 is 5.32 Å². The number of ether oxygens (including phenoxy) is 1. The van der Waals surface area contributed by atoms with Gasteiger partial charge in [-0.3, -0.25) is 5.32 Å². The van der Waals surface area contributed by atoms with Gasteiger partial charge in [0, 0.05) is 19.0 Å². The number of benzene rings is 1. The fraction of sp³-hybridized carbons (Fsp3) is 0.500. The molecule has 1 saturated heterocycles. The van der Waals surface area contributed by atoms with Gasteiger partial charge in [-0.2, -0.15) is 0 Å². The molecule has 0 bridgehead atoms. The molecule has 0 radical (unpaired) electrons. The van der Waals surface area contributed by atoms with Crippen molar-refractivity contribution in [1.82, 2.24) is 10.2 Å². The monoisotopic (exact) mass is 280 g/mol. The van der Waals surface area contributed by atoms with Crippen LogP contribution in [0.5, 0.6) is 0 Å². The third-order valence-electron chi connectivity index (χ3n) is 3.40. The molecular formula is C14H20N2O4. The highest BCUT2D eigenvalue weighted by Crippen LogP contribution is 2.16. The van der Waals surface area contributed by atoms with Crippen molar-refractivity contribution in [2.45, 2.75) is 12.7 Å². The van der Waals surface area contributed by atoms with Crippen LogP contribution in [0.1, 0.15) is 5.56 Å². The molecule has 6 nitrogen and oxygen atoms in total. The van der Waals surface area contributed by atoms with E-state index in [0.29, 0.717) is 26.4 Å². The molecule has 0 aliphatic carbocycles. The van der Waals surface area contributed by atoms with Gasteiger partial charge < -0.3 is 19.8 Å². The molecule has 1 heterocycles. The summed E-state index contributed by atoms with van der Waals surface area (Å²) < 4.78 is 5.47. The fourth-order valence-electron chi connectivity index (χ4n) is 2.27. The smallest absolute Gasteiger partial charge is 0.407 e. The SMILES string of the molecule is O=C(O)N1C[C@H](CNCOCc2ccccc2)[C@H](O)C1. The minimum Gasteiger partial charge on any atom is -0.465 e. The summed E-state index contributed by atoms with van der Waals surface area (Å²) in [4.78, 5) is 12.0. The average molecular weight is 280 g/mol. The van der Waals surface area contributed by atoms with E-state index in [1.165, 1.54) is 4.90 Å². The molecule has 1 aliphatic heterocycles. The second kappa shape index (κ2) is 7.23. The number of amides is 1. The molecule has 0 aromatic heterocycles. The quantitative estimate of drug-likeness (QED) is 0.528. The Hall–Kier alpha value is -1.63. The second-order valence-corrected chi connectivity index (χ2v) is 4.95. The van der Waals surface area contributed by atoms with Crippen LogP contribution in [0.15, 0.2) is 30.3 Å². The van der Waals surface area contributed by atoms with Crippen molar-refractivity contribution >= 4 is 6.09 Å². The van der Waals surface area contributed by atoms with Crippen molar-refractivity contribution < 1.29 is 19.7 Å². The Balaban J connectivity index is 1.61. The fourth-order valence-corrected chi connectivity index (χ4v) is 2.27. The third kappa shape index (κ3) is 4.19. The number of aliphatic hydroxyl groups is 1. The first-order valence-electron chi connectivity index (χ1n) is 6.65. The van der Waals surface area contributed by atoms with Crippen molar-refractivity contribution in [1.29, 1.82) is 0 Å². The van der Waals surface area contributed by atoms with Crippen LogP contribution in [-0.4, -0.2) is 53.7 Å². The molecule has 1 aromatic carbocycles. The summed E-state index contributed by atoms with van der Waals surface area (Å²) in [5.41, 5.74) is 1.10. The third-order valence-corrected chi connectivity index (χ3v) is 3.40. The zero-order valence-electron chi connectivity index (χ0n) is 11.2. The van der Waals surface area contributed by atoms with Crippen LogP contribution in [0.4, 0.5) is 4.79 Å². The van der Waals surface area contributed by atoms with Crippen LogP contribution in [-0.2, 0) is 11.3 Å². The molecule has 1 aromatic rings. The maximum atomic E-state index is 10.8. The number of likely N-dealkylation sites (tertiary alicyclic amines) is 1. The summed E-state index contributed by atoms with van der Waals surface area (Å²) in [6, 6.07) is 9.86.